The lowest BCUT2D eigenvalue weighted by Crippen LogP contribution is -2.24. The number of hydrogen-bond donors (Lipinski definition) is 1. The Kier molecular flexibility index (Phi) is 6.48. The average Bonchev–Trinajstić information content (AvgIpc) is 3.16. The number of amides is 1. The second-order valence-corrected chi connectivity index (χ2v) is 6.83. The summed E-state index contributed by atoms with van der Waals surface area (Å²) in [7, 11) is 0. The van der Waals surface area contributed by atoms with E-state index < -0.39 is 10.8 Å². The van der Waals surface area contributed by atoms with Gasteiger partial charge in [-0.2, -0.15) is 5.10 Å². The first kappa shape index (κ1) is 21.1. The molecule has 0 aliphatic rings. The molecular weight excluding hydrogens is 410 g/mol. The third kappa shape index (κ3) is 5.03. The van der Waals surface area contributed by atoms with Gasteiger partial charge in [-0.15, -0.1) is 0 Å². The molecule has 0 radical (unpaired) electrons. The van der Waals surface area contributed by atoms with Gasteiger partial charge in [-0.25, -0.2) is 5.43 Å². The van der Waals surface area contributed by atoms with E-state index in [0.29, 0.717) is 22.8 Å². The molecule has 1 aromatic heterocycles. The number of nitrogens with one attached hydrogen (secondary N) is 1. The van der Waals surface area contributed by atoms with Crippen LogP contribution in [0.3, 0.4) is 0 Å². The number of rotatable bonds is 7. The molecule has 0 atom stereocenters. The number of hydrogen-bond acceptors (Lipinski definition) is 6. The number of nitrogens with zero attached hydrogens (tertiary/aromatic N) is 2. The average molecular weight is 428 g/mol. The molecule has 0 aliphatic heterocycles. The molecule has 1 N–H and O–H groups in total. The number of hydrazone groups is 1. The highest BCUT2D eigenvalue weighted by Crippen LogP contribution is 2.32. The van der Waals surface area contributed by atoms with E-state index in [1.165, 1.54) is 24.4 Å². The van der Waals surface area contributed by atoms with E-state index >= 15 is 0 Å². The first-order chi connectivity index (χ1) is 14.3. The first-order valence-corrected chi connectivity index (χ1v) is 9.28. The summed E-state index contributed by atoms with van der Waals surface area (Å²) in [5.74, 6) is 1.04. The summed E-state index contributed by atoms with van der Waals surface area (Å²) in [5.41, 5.74) is 4.65. The fraction of sp³-hybridized carbons (Fsp3) is 0.143. The normalized spacial score (nSPS) is 10.9. The molecular formula is C21H18ClN3O5. The molecule has 0 spiro atoms. The number of aryl methyl sites for hydroxylation is 2. The molecule has 2 aromatic carbocycles. The Morgan fingerprint density at radius 1 is 1.23 bits per heavy atom. The van der Waals surface area contributed by atoms with Crippen molar-refractivity contribution in [2.45, 2.75) is 13.8 Å². The van der Waals surface area contributed by atoms with Crippen molar-refractivity contribution in [2.24, 2.45) is 5.10 Å². The molecule has 0 unspecified atom stereocenters. The number of carbonyl (C=O) groups is 1. The highest BCUT2D eigenvalue weighted by Gasteiger charge is 2.13. The Hall–Kier alpha value is -3.65. The van der Waals surface area contributed by atoms with Crippen LogP contribution in [-0.4, -0.2) is 23.7 Å². The van der Waals surface area contributed by atoms with E-state index in [4.69, 9.17) is 20.8 Å². The van der Waals surface area contributed by atoms with E-state index in [-0.39, 0.29) is 17.3 Å². The van der Waals surface area contributed by atoms with Crippen molar-refractivity contribution >= 4 is 29.4 Å². The maximum Gasteiger partial charge on any atom is 0.277 e. The molecule has 154 valence electrons. The number of ether oxygens (including phenoxy) is 1. The smallest absolute Gasteiger partial charge is 0.277 e. The van der Waals surface area contributed by atoms with Gasteiger partial charge in [0.2, 0.25) is 0 Å². The third-order valence-electron chi connectivity index (χ3n) is 4.19. The summed E-state index contributed by atoms with van der Waals surface area (Å²) in [4.78, 5) is 22.2. The molecule has 8 nitrogen and oxygen atoms in total. The van der Waals surface area contributed by atoms with Crippen LogP contribution in [-0.2, 0) is 4.79 Å². The van der Waals surface area contributed by atoms with Crippen molar-refractivity contribution in [1.29, 1.82) is 0 Å². The molecule has 0 aliphatic carbocycles. The van der Waals surface area contributed by atoms with E-state index in [1.54, 1.807) is 12.1 Å². The second-order valence-electron chi connectivity index (χ2n) is 6.43. The number of nitro benzene ring substituents is 1. The van der Waals surface area contributed by atoms with Gasteiger partial charge in [-0.3, -0.25) is 14.9 Å². The number of nitro groups is 1. The Morgan fingerprint density at radius 3 is 2.63 bits per heavy atom. The summed E-state index contributed by atoms with van der Waals surface area (Å²) in [5, 5.41) is 14.8. The summed E-state index contributed by atoms with van der Waals surface area (Å²) >= 11 is 6.10. The molecule has 1 amide bonds. The van der Waals surface area contributed by atoms with Crippen LogP contribution >= 0.6 is 11.6 Å². The Morgan fingerprint density at radius 2 is 1.97 bits per heavy atom. The van der Waals surface area contributed by atoms with Crippen molar-refractivity contribution in [3.8, 4) is 17.1 Å². The van der Waals surface area contributed by atoms with Gasteiger partial charge in [-0.05, 0) is 43.2 Å². The number of carbonyl (C=O) groups excluding carboxylic acids is 1. The third-order valence-corrected chi connectivity index (χ3v) is 4.51. The van der Waals surface area contributed by atoms with Crippen molar-refractivity contribution in [2.75, 3.05) is 6.61 Å². The SMILES string of the molecule is Cc1cccc(C)c1OCC(=O)N/N=C\c1ccc(-c2ccc([N+](=O)[O-])cc2Cl)o1. The van der Waals surface area contributed by atoms with Crippen LogP contribution in [0.15, 0.2) is 58.0 Å². The van der Waals surface area contributed by atoms with Crippen molar-refractivity contribution < 1.29 is 18.9 Å². The summed E-state index contributed by atoms with van der Waals surface area (Å²) in [6.07, 6.45) is 1.33. The van der Waals surface area contributed by atoms with Gasteiger partial charge in [0, 0.05) is 17.7 Å². The van der Waals surface area contributed by atoms with E-state index in [2.05, 4.69) is 10.5 Å². The minimum absolute atomic E-state index is 0.108. The monoisotopic (exact) mass is 427 g/mol. The Bertz CT molecular complexity index is 1100. The minimum Gasteiger partial charge on any atom is -0.483 e. The second kappa shape index (κ2) is 9.23. The molecule has 0 bridgehead atoms. The fourth-order valence-electron chi connectivity index (χ4n) is 2.75. The van der Waals surface area contributed by atoms with Crippen LogP contribution in [0.2, 0.25) is 5.02 Å². The van der Waals surface area contributed by atoms with Gasteiger partial charge in [-0.1, -0.05) is 29.8 Å². The summed E-state index contributed by atoms with van der Waals surface area (Å²) in [6.45, 7) is 3.64. The minimum atomic E-state index is -0.525. The van der Waals surface area contributed by atoms with Crippen molar-refractivity contribution in [3.05, 3.63) is 80.6 Å². The molecule has 0 saturated carbocycles. The molecule has 0 saturated heterocycles. The number of furan rings is 1. The quantitative estimate of drug-likeness (QED) is 0.335. The number of halogens is 1. The zero-order chi connectivity index (χ0) is 21.7. The molecule has 3 rings (SSSR count). The lowest BCUT2D eigenvalue weighted by atomic mass is 10.1. The van der Waals surface area contributed by atoms with Crippen LogP contribution < -0.4 is 10.2 Å². The predicted octanol–water partition coefficient (Wildman–Crippen LogP) is 4.65. The zero-order valence-corrected chi connectivity index (χ0v) is 17.0. The standard InChI is InChI=1S/C21H18ClN3O5/c1-13-4-3-5-14(2)21(13)29-12-20(26)24-23-11-16-7-9-19(30-16)17-8-6-15(25(27)28)10-18(17)22/h3-11H,12H2,1-2H3,(H,24,26)/b23-11-. The number of para-hydroxylation sites is 1. The maximum atomic E-state index is 11.9. The van der Waals surface area contributed by atoms with Gasteiger partial charge in [0.15, 0.2) is 6.61 Å². The van der Waals surface area contributed by atoms with E-state index in [9.17, 15) is 14.9 Å². The van der Waals surface area contributed by atoms with Gasteiger partial charge >= 0.3 is 0 Å². The van der Waals surface area contributed by atoms with Crippen LogP contribution in [0, 0.1) is 24.0 Å². The molecule has 30 heavy (non-hydrogen) atoms. The van der Waals surface area contributed by atoms with E-state index in [1.807, 2.05) is 32.0 Å². The van der Waals surface area contributed by atoms with Gasteiger partial charge in [0.1, 0.15) is 17.3 Å². The van der Waals surface area contributed by atoms with Crippen LogP contribution in [0.25, 0.3) is 11.3 Å². The summed E-state index contributed by atoms with van der Waals surface area (Å²) < 4.78 is 11.2. The van der Waals surface area contributed by atoms with Gasteiger partial charge < -0.3 is 9.15 Å². The van der Waals surface area contributed by atoms with Crippen molar-refractivity contribution in [3.63, 3.8) is 0 Å². The highest BCUT2D eigenvalue weighted by atomic mass is 35.5. The Labute approximate surface area is 177 Å². The highest BCUT2D eigenvalue weighted by molar-refractivity contribution is 6.33. The number of benzene rings is 2. The van der Waals surface area contributed by atoms with Crippen LogP contribution in [0.1, 0.15) is 16.9 Å². The fourth-order valence-corrected chi connectivity index (χ4v) is 3.02. The summed E-state index contributed by atoms with van der Waals surface area (Å²) in [6, 6.07) is 13.1. The maximum absolute atomic E-state index is 11.9. The largest absolute Gasteiger partial charge is 0.483 e. The van der Waals surface area contributed by atoms with Crippen LogP contribution in [0.4, 0.5) is 5.69 Å². The predicted molar refractivity (Wildman–Crippen MR) is 113 cm³/mol. The zero-order valence-electron chi connectivity index (χ0n) is 16.2. The molecule has 3 aromatic rings. The van der Waals surface area contributed by atoms with Crippen LogP contribution in [0.5, 0.6) is 5.75 Å². The Balaban J connectivity index is 1.58. The van der Waals surface area contributed by atoms with Gasteiger partial charge in [0.25, 0.3) is 11.6 Å². The van der Waals surface area contributed by atoms with Gasteiger partial charge in [0.05, 0.1) is 16.2 Å². The molecule has 1 heterocycles. The van der Waals surface area contributed by atoms with E-state index in [0.717, 1.165) is 11.1 Å². The number of non-ortho nitro benzene ring substituents is 1. The topological polar surface area (TPSA) is 107 Å². The first-order valence-electron chi connectivity index (χ1n) is 8.90. The lowest BCUT2D eigenvalue weighted by molar-refractivity contribution is -0.384. The molecule has 9 heteroatoms. The molecule has 0 fully saturated rings. The van der Waals surface area contributed by atoms with Crippen molar-refractivity contribution in [1.82, 2.24) is 5.43 Å². The lowest BCUT2D eigenvalue weighted by Gasteiger charge is -2.10.